The van der Waals surface area contributed by atoms with Crippen molar-refractivity contribution >= 4 is 76.9 Å². The molecular formula is C34H60N12O11S. The molecular weight excluding hydrogens is 785 g/mol. The molecule has 9 amide bonds. The maximum atomic E-state index is 13.9. The first-order chi connectivity index (χ1) is 27.1. The summed E-state index contributed by atoms with van der Waals surface area (Å²) in [6, 6.07) is -8.06. The van der Waals surface area contributed by atoms with Crippen LogP contribution in [0.4, 0.5) is 0 Å². The number of amides is 9. The molecule has 0 unspecified atom stereocenters. The van der Waals surface area contributed by atoms with Gasteiger partial charge in [0.1, 0.15) is 36.3 Å². The number of primary amides is 3. The Morgan fingerprint density at radius 1 is 0.621 bits per heavy atom. The Kier molecular flexibility index (Phi) is 25.1. The first-order valence-electron chi connectivity index (χ1n) is 18.6. The lowest BCUT2D eigenvalue weighted by Crippen LogP contribution is -2.60. The second-order valence-corrected chi connectivity index (χ2v) is 14.5. The van der Waals surface area contributed by atoms with Gasteiger partial charge in [0.05, 0.1) is 0 Å². The van der Waals surface area contributed by atoms with Gasteiger partial charge in [-0.15, -0.1) is 0 Å². The molecule has 24 heteroatoms. The number of hydrogen-bond donors (Lipinski definition) is 13. The average Bonchev–Trinajstić information content (AvgIpc) is 3.13. The van der Waals surface area contributed by atoms with Gasteiger partial charge < -0.3 is 65.3 Å². The predicted octanol–water partition coefficient (Wildman–Crippen LogP) is -4.14. The van der Waals surface area contributed by atoms with E-state index >= 15 is 0 Å². The van der Waals surface area contributed by atoms with E-state index in [2.05, 4.69) is 37.2 Å². The van der Waals surface area contributed by atoms with Crippen LogP contribution >= 0.6 is 11.8 Å². The molecule has 0 aromatic rings. The molecule has 0 bridgehead atoms. The van der Waals surface area contributed by atoms with Crippen LogP contribution in [0.1, 0.15) is 85.0 Å². The maximum Gasteiger partial charge on any atom is 0.303 e. The predicted molar refractivity (Wildman–Crippen MR) is 212 cm³/mol. The zero-order valence-corrected chi connectivity index (χ0v) is 34.1. The van der Waals surface area contributed by atoms with E-state index in [0.717, 1.165) is 6.92 Å². The second kappa shape index (κ2) is 27.8. The smallest absolute Gasteiger partial charge is 0.303 e. The molecule has 0 heterocycles. The van der Waals surface area contributed by atoms with Crippen LogP contribution in [-0.4, -0.2) is 125 Å². The number of carbonyl (C=O) groups is 10. The van der Waals surface area contributed by atoms with E-state index in [1.165, 1.54) is 11.8 Å². The molecule has 0 radical (unpaired) electrons. The Balaban J connectivity index is 6.51. The SMILES string of the molecule is CC[C@H](C)[C@H](NC(=O)[C@H](CCC(=O)O)NC(=O)[C@H](CCC(N)=O)NC(C)=O)C(=O)N[C@@H](CCCNC(=N)N)C(=O)N[C@@H](CCSC)C(=O)N[C@@H](CCC(N)=O)C(N)=O. The van der Waals surface area contributed by atoms with Crippen LogP contribution in [0.3, 0.4) is 0 Å². The lowest BCUT2D eigenvalue weighted by Gasteiger charge is -2.29. The molecule has 23 nitrogen and oxygen atoms in total. The van der Waals surface area contributed by atoms with E-state index in [1.54, 1.807) is 20.1 Å². The molecule has 0 aliphatic rings. The molecule has 0 aromatic heterocycles. The number of rotatable bonds is 30. The molecule has 0 aliphatic carbocycles. The zero-order chi connectivity index (χ0) is 44.5. The van der Waals surface area contributed by atoms with E-state index in [-0.39, 0.29) is 57.5 Å². The minimum atomic E-state index is -1.53. The van der Waals surface area contributed by atoms with Crippen molar-refractivity contribution in [3.8, 4) is 0 Å². The van der Waals surface area contributed by atoms with E-state index < -0.39 is 114 Å². The van der Waals surface area contributed by atoms with Crippen molar-refractivity contribution < 1.29 is 53.1 Å². The number of nitrogens with one attached hydrogen (secondary N) is 8. The van der Waals surface area contributed by atoms with Crippen LogP contribution in [-0.2, 0) is 47.9 Å². The number of carboxylic acid groups (broad SMARTS) is 1. The summed E-state index contributed by atoms with van der Waals surface area (Å²) in [5.41, 5.74) is 21.1. The molecule has 0 saturated carbocycles. The summed E-state index contributed by atoms with van der Waals surface area (Å²) in [4.78, 5) is 126. The summed E-state index contributed by atoms with van der Waals surface area (Å²) < 4.78 is 0. The minimum absolute atomic E-state index is 0.0639. The van der Waals surface area contributed by atoms with Gasteiger partial charge in [0, 0.05) is 32.7 Å². The third-order valence-corrected chi connectivity index (χ3v) is 9.29. The minimum Gasteiger partial charge on any atom is -0.481 e. The number of nitrogens with two attached hydrogens (primary N) is 4. The summed E-state index contributed by atoms with van der Waals surface area (Å²) in [5, 5.41) is 34.2. The highest BCUT2D eigenvalue weighted by atomic mass is 32.2. The highest BCUT2D eigenvalue weighted by Gasteiger charge is 2.35. The number of aliphatic carboxylic acids is 1. The quantitative estimate of drug-likeness (QED) is 0.0186. The van der Waals surface area contributed by atoms with Crippen molar-refractivity contribution in [1.29, 1.82) is 5.41 Å². The van der Waals surface area contributed by atoms with Crippen molar-refractivity contribution in [2.75, 3.05) is 18.6 Å². The molecule has 0 spiro atoms. The third kappa shape index (κ3) is 22.2. The molecule has 58 heavy (non-hydrogen) atoms. The maximum absolute atomic E-state index is 13.9. The molecule has 0 fully saturated rings. The summed E-state index contributed by atoms with van der Waals surface area (Å²) in [6.45, 7) is 4.57. The highest BCUT2D eigenvalue weighted by Crippen LogP contribution is 2.12. The Morgan fingerprint density at radius 2 is 1.05 bits per heavy atom. The van der Waals surface area contributed by atoms with Crippen LogP contribution in [0.25, 0.3) is 0 Å². The van der Waals surface area contributed by atoms with Gasteiger partial charge in [-0.05, 0) is 56.5 Å². The largest absolute Gasteiger partial charge is 0.481 e. The molecule has 7 atom stereocenters. The third-order valence-electron chi connectivity index (χ3n) is 8.65. The fraction of sp³-hybridized carbons (Fsp3) is 0.676. The molecule has 0 saturated heterocycles. The van der Waals surface area contributed by atoms with Crippen molar-refractivity contribution in [3.05, 3.63) is 0 Å². The number of thioether (sulfide) groups is 1. The Labute approximate surface area is 340 Å². The molecule has 0 rings (SSSR count). The monoisotopic (exact) mass is 844 g/mol. The fourth-order valence-corrected chi connectivity index (χ4v) is 5.72. The van der Waals surface area contributed by atoms with E-state index in [1.807, 2.05) is 0 Å². The standard InChI is InChI=1S/C34H60N12O11S/c1-5-17(2)27(46-32(56)22(10-13-26(50)51)43-30(54)21(41-18(3)47)9-12-25(36)49)33(57)45-20(7-6-15-40-34(38)39)29(53)44-23(14-16-58-4)31(55)42-19(28(37)52)8-11-24(35)48/h17,19-23,27H,5-16H2,1-4H3,(H2,35,48)(H2,36,49)(H2,37,52)(H,41,47)(H,42,55)(H,43,54)(H,44,53)(H,45,57)(H,46,56)(H,50,51)(H4,38,39,40)/t17-,19-,20-,21-,22-,23-,27-/m0/s1. The van der Waals surface area contributed by atoms with Crippen LogP contribution < -0.4 is 60.2 Å². The molecule has 0 aromatic carbocycles. The van der Waals surface area contributed by atoms with Gasteiger partial charge in [-0.1, -0.05) is 20.3 Å². The molecule has 0 aliphatic heterocycles. The Bertz CT molecular complexity index is 1480. The zero-order valence-electron chi connectivity index (χ0n) is 33.3. The highest BCUT2D eigenvalue weighted by molar-refractivity contribution is 7.98. The number of guanidine groups is 1. The molecule has 328 valence electrons. The van der Waals surface area contributed by atoms with Gasteiger partial charge in [0.15, 0.2) is 5.96 Å². The first kappa shape index (κ1) is 52.3. The summed E-state index contributed by atoms with van der Waals surface area (Å²) in [5.74, 6) is -9.30. The van der Waals surface area contributed by atoms with E-state index in [9.17, 15) is 53.1 Å². The van der Waals surface area contributed by atoms with Gasteiger partial charge in [-0.25, -0.2) is 0 Å². The summed E-state index contributed by atoms with van der Waals surface area (Å²) in [6.07, 6.45) is 0.275. The Morgan fingerprint density at radius 3 is 1.50 bits per heavy atom. The lowest BCUT2D eigenvalue weighted by atomic mass is 9.96. The topological polar surface area (TPSA) is 403 Å². The number of hydrogen-bond acceptors (Lipinski definition) is 12. The van der Waals surface area contributed by atoms with Gasteiger partial charge in [-0.2, -0.15) is 11.8 Å². The second-order valence-electron chi connectivity index (χ2n) is 13.5. The van der Waals surface area contributed by atoms with Gasteiger partial charge in [0.2, 0.25) is 53.2 Å². The van der Waals surface area contributed by atoms with Crippen LogP contribution in [0.5, 0.6) is 0 Å². The first-order valence-corrected chi connectivity index (χ1v) is 20.0. The van der Waals surface area contributed by atoms with Crippen LogP contribution in [0, 0.1) is 11.3 Å². The Hall–Kier alpha value is -5.68. The number of carboxylic acids is 1. The van der Waals surface area contributed by atoms with Crippen molar-refractivity contribution in [2.24, 2.45) is 28.9 Å². The van der Waals surface area contributed by atoms with Gasteiger partial charge in [0.25, 0.3) is 0 Å². The van der Waals surface area contributed by atoms with Gasteiger partial charge in [-0.3, -0.25) is 53.4 Å². The summed E-state index contributed by atoms with van der Waals surface area (Å²) >= 11 is 1.36. The fourth-order valence-electron chi connectivity index (χ4n) is 5.25. The van der Waals surface area contributed by atoms with Crippen LogP contribution in [0.2, 0.25) is 0 Å². The van der Waals surface area contributed by atoms with E-state index in [0.29, 0.717) is 12.2 Å². The van der Waals surface area contributed by atoms with Crippen molar-refractivity contribution in [1.82, 2.24) is 37.2 Å². The molecule has 17 N–H and O–H groups in total. The van der Waals surface area contributed by atoms with Crippen LogP contribution in [0.15, 0.2) is 0 Å². The summed E-state index contributed by atoms with van der Waals surface area (Å²) in [7, 11) is 0. The van der Waals surface area contributed by atoms with Gasteiger partial charge >= 0.3 is 5.97 Å². The van der Waals surface area contributed by atoms with E-state index in [4.69, 9.17) is 28.3 Å². The lowest BCUT2D eigenvalue weighted by molar-refractivity contribution is -0.139. The normalized spacial score (nSPS) is 14.3. The number of carbonyl (C=O) groups excluding carboxylic acids is 9. The van der Waals surface area contributed by atoms with Crippen molar-refractivity contribution in [3.63, 3.8) is 0 Å². The van der Waals surface area contributed by atoms with Crippen molar-refractivity contribution in [2.45, 2.75) is 121 Å². The average molecular weight is 845 g/mol.